The highest BCUT2D eigenvalue weighted by Gasteiger charge is 2.31. The molecule has 124 valence electrons. The number of hydrogen-bond acceptors (Lipinski definition) is 2. The summed E-state index contributed by atoms with van der Waals surface area (Å²) in [5.74, 6) is -1.74. The minimum Gasteiger partial charge on any atom is -0.480 e. The number of likely N-dealkylation sites (N-methyl/N-ethyl adjacent to an activating group) is 1. The summed E-state index contributed by atoms with van der Waals surface area (Å²) >= 11 is 0. The van der Waals surface area contributed by atoms with Crippen LogP contribution in [-0.4, -0.2) is 39.5 Å². The number of amides is 1. The summed E-state index contributed by atoms with van der Waals surface area (Å²) in [4.78, 5) is 24.4. The van der Waals surface area contributed by atoms with Crippen molar-refractivity contribution in [1.29, 1.82) is 0 Å². The van der Waals surface area contributed by atoms with Crippen molar-refractivity contribution in [2.24, 2.45) is 7.05 Å². The van der Waals surface area contributed by atoms with Gasteiger partial charge in [-0.05, 0) is 31.2 Å². The molecule has 1 amide bonds. The number of alkyl halides is 3. The summed E-state index contributed by atoms with van der Waals surface area (Å²) in [6, 6.07) is 3.48. The Morgan fingerprint density at radius 2 is 1.87 bits per heavy atom. The molecule has 0 fully saturated rings. The molecule has 2 rings (SSSR count). The van der Waals surface area contributed by atoms with Crippen molar-refractivity contribution in [1.82, 2.24) is 9.47 Å². The number of nitrogens with zero attached hydrogens (tertiary/aromatic N) is 2. The fraction of sp³-hybridized carbons (Fsp3) is 0.333. The molecule has 2 aromatic rings. The van der Waals surface area contributed by atoms with Gasteiger partial charge in [0.25, 0.3) is 5.91 Å². The molecule has 0 spiro atoms. The molecule has 1 aromatic heterocycles. The molecule has 0 aliphatic carbocycles. The highest BCUT2D eigenvalue weighted by molar-refractivity contribution is 6.00. The van der Waals surface area contributed by atoms with Crippen LogP contribution in [0, 0.1) is 0 Å². The van der Waals surface area contributed by atoms with Gasteiger partial charge in [0.1, 0.15) is 11.7 Å². The van der Waals surface area contributed by atoms with Gasteiger partial charge in [-0.25, -0.2) is 4.79 Å². The number of halogens is 3. The lowest BCUT2D eigenvalue weighted by molar-refractivity contribution is -0.141. The van der Waals surface area contributed by atoms with Crippen molar-refractivity contribution in [2.75, 3.05) is 7.05 Å². The fourth-order valence-electron chi connectivity index (χ4n) is 2.25. The van der Waals surface area contributed by atoms with Crippen molar-refractivity contribution in [3.05, 3.63) is 35.5 Å². The van der Waals surface area contributed by atoms with Crippen LogP contribution >= 0.6 is 0 Å². The smallest absolute Gasteiger partial charge is 0.416 e. The molecule has 1 unspecified atom stereocenters. The van der Waals surface area contributed by atoms with Gasteiger partial charge in [-0.2, -0.15) is 13.2 Å². The summed E-state index contributed by atoms with van der Waals surface area (Å²) in [7, 11) is 2.88. The van der Waals surface area contributed by atoms with E-state index in [9.17, 15) is 22.8 Å². The van der Waals surface area contributed by atoms with E-state index in [1.807, 2.05) is 0 Å². The maximum atomic E-state index is 12.8. The highest BCUT2D eigenvalue weighted by atomic mass is 19.4. The molecular formula is C15H15F3N2O3. The molecule has 5 nitrogen and oxygen atoms in total. The van der Waals surface area contributed by atoms with Crippen molar-refractivity contribution in [3.63, 3.8) is 0 Å². The van der Waals surface area contributed by atoms with E-state index >= 15 is 0 Å². The molecule has 0 bridgehead atoms. The summed E-state index contributed by atoms with van der Waals surface area (Å²) in [6.07, 6.45) is -4.47. The van der Waals surface area contributed by atoms with Gasteiger partial charge < -0.3 is 14.6 Å². The van der Waals surface area contributed by atoms with Crippen LogP contribution in [0.1, 0.15) is 23.0 Å². The number of hydrogen-bond donors (Lipinski definition) is 1. The van der Waals surface area contributed by atoms with Gasteiger partial charge in [-0.1, -0.05) is 0 Å². The fourth-order valence-corrected chi connectivity index (χ4v) is 2.25. The van der Waals surface area contributed by atoms with Crippen LogP contribution in [0.5, 0.6) is 0 Å². The number of benzene rings is 1. The van der Waals surface area contributed by atoms with Crippen LogP contribution in [0.3, 0.4) is 0 Å². The van der Waals surface area contributed by atoms with Crippen LogP contribution in [0.4, 0.5) is 13.2 Å². The second-order valence-corrected chi connectivity index (χ2v) is 5.29. The summed E-state index contributed by atoms with van der Waals surface area (Å²) in [5.41, 5.74) is -0.227. The minimum atomic E-state index is -4.47. The summed E-state index contributed by atoms with van der Waals surface area (Å²) in [5, 5.41) is 9.22. The van der Waals surface area contributed by atoms with Crippen LogP contribution in [-0.2, 0) is 18.0 Å². The van der Waals surface area contributed by atoms with Crippen molar-refractivity contribution in [2.45, 2.75) is 19.1 Å². The van der Waals surface area contributed by atoms with E-state index in [4.69, 9.17) is 5.11 Å². The van der Waals surface area contributed by atoms with Crippen LogP contribution in [0.2, 0.25) is 0 Å². The van der Waals surface area contributed by atoms with Crippen molar-refractivity contribution < 1.29 is 27.9 Å². The maximum absolute atomic E-state index is 12.8. The molecule has 0 saturated carbocycles. The normalized spacial score (nSPS) is 13.1. The third kappa shape index (κ3) is 3.01. The molecule has 1 atom stereocenters. The third-order valence-corrected chi connectivity index (χ3v) is 3.85. The number of carboxylic acids is 1. The first-order chi connectivity index (χ1) is 10.5. The van der Waals surface area contributed by atoms with E-state index < -0.39 is 29.7 Å². The van der Waals surface area contributed by atoms with Gasteiger partial charge in [0.05, 0.1) is 5.56 Å². The predicted molar refractivity (Wildman–Crippen MR) is 77.1 cm³/mol. The van der Waals surface area contributed by atoms with Crippen LogP contribution < -0.4 is 0 Å². The number of aryl methyl sites for hydroxylation is 1. The van der Waals surface area contributed by atoms with Gasteiger partial charge in [0.2, 0.25) is 0 Å². The lowest BCUT2D eigenvalue weighted by Gasteiger charge is -2.21. The number of carboxylic acid groups (broad SMARTS) is 1. The minimum absolute atomic E-state index is 0.120. The molecular weight excluding hydrogens is 313 g/mol. The number of carbonyl (C=O) groups excluding carboxylic acids is 1. The lowest BCUT2D eigenvalue weighted by Crippen LogP contribution is -2.40. The zero-order valence-electron chi connectivity index (χ0n) is 12.7. The molecule has 0 aliphatic rings. The van der Waals surface area contributed by atoms with E-state index in [0.717, 1.165) is 17.0 Å². The summed E-state index contributed by atoms with van der Waals surface area (Å²) in [6.45, 7) is 1.35. The Morgan fingerprint density at radius 1 is 1.26 bits per heavy atom. The standard InChI is InChI=1S/C15H15F3N2O3/c1-8(14(22)23)19(2)13(21)12-7-9-6-10(15(16,17)18)4-5-11(9)20(12)3/h4-8H,1-3H3,(H,22,23). The topological polar surface area (TPSA) is 62.5 Å². The first-order valence-electron chi connectivity index (χ1n) is 6.70. The number of aliphatic carboxylic acids is 1. The van der Waals surface area contributed by atoms with Gasteiger partial charge >= 0.3 is 12.1 Å². The molecule has 0 aliphatic heterocycles. The Labute approximate surface area is 129 Å². The Kier molecular flexibility index (Phi) is 4.10. The first-order valence-corrected chi connectivity index (χ1v) is 6.70. The Morgan fingerprint density at radius 3 is 2.39 bits per heavy atom. The third-order valence-electron chi connectivity index (χ3n) is 3.85. The Balaban J connectivity index is 2.48. The average molecular weight is 328 g/mol. The molecule has 8 heteroatoms. The Bertz CT molecular complexity index is 780. The SMILES string of the molecule is CC(C(=O)O)N(C)C(=O)c1cc2cc(C(F)(F)F)ccc2n1C. The average Bonchev–Trinajstić information content (AvgIpc) is 2.80. The molecule has 0 radical (unpaired) electrons. The van der Waals surface area contributed by atoms with Gasteiger partial charge in [0.15, 0.2) is 0 Å². The lowest BCUT2D eigenvalue weighted by atomic mass is 10.1. The number of fused-ring (bicyclic) bond motifs is 1. The second kappa shape index (κ2) is 5.60. The van der Waals surface area contributed by atoms with Crippen molar-refractivity contribution in [3.8, 4) is 0 Å². The zero-order chi connectivity index (χ0) is 17.5. The van der Waals surface area contributed by atoms with Crippen LogP contribution in [0.15, 0.2) is 24.3 Å². The molecule has 1 N–H and O–H groups in total. The first kappa shape index (κ1) is 16.9. The highest BCUT2D eigenvalue weighted by Crippen LogP contribution is 2.32. The maximum Gasteiger partial charge on any atom is 0.416 e. The molecule has 23 heavy (non-hydrogen) atoms. The largest absolute Gasteiger partial charge is 0.480 e. The van der Waals surface area contributed by atoms with Gasteiger partial charge in [0, 0.05) is 25.0 Å². The number of carbonyl (C=O) groups is 2. The van der Waals surface area contributed by atoms with E-state index in [1.54, 1.807) is 7.05 Å². The molecule has 0 saturated heterocycles. The Hall–Kier alpha value is -2.51. The van der Waals surface area contributed by atoms with Gasteiger partial charge in [-0.3, -0.25) is 4.79 Å². The number of aromatic nitrogens is 1. The van der Waals surface area contributed by atoms with E-state index in [0.29, 0.717) is 5.52 Å². The van der Waals surface area contributed by atoms with E-state index in [-0.39, 0.29) is 11.1 Å². The van der Waals surface area contributed by atoms with Gasteiger partial charge in [-0.15, -0.1) is 0 Å². The monoisotopic (exact) mass is 328 g/mol. The quantitative estimate of drug-likeness (QED) is 0.942. The second-order valence-electron chi connectivity index (χ2n) is 5.29. The van der Waals surface area contributed by atoms with Crippen molar-refractivity contribution >= 4 is 22.8 Å². The predicted octanol–water partition coefficient (Wildman–Crippen LogP) is 2.74. The van der Waals surface area contributed by atoms with E-state index in [1.165, 1.54) is 30.7 Å². The molecule has 1 aromatic carbocycles. The number of rotatable bonds is 3. The van der Waals surface area contributed by atoms with Crippen LogP contribution in [0.25, 0.3) is 10.9 Å². The zero-order valence-corrected chi connectivity index (χ0v) is 12.7. The molecule has 1 heterocycles. The van der Waals surface area contributed by atoms with E-state index in [2.05, 4.69) is 0 Å². The summed E-state index contributed by atoms with van der Waals surface area (Å²) < 4.78 is 39.7.